The quantitative estimate of drug-likeness (QED) is 0.650. The molecule has 0 atom stereocenters. The number of ether oxygens (including phenoxy) is 1. The van der Waals surface area contributed by atoms with E-state index in [1.807, 2.05) is 37.3 Å². The minimum absolute atomic E-state index is 0.190. The number of hydrogen-bond donors (Lipinski definition) is 2. The first-order valence-corrected chi connectivity index (χ1v) is 8.73. The number of carbonyl (C=O) groups is 2. The zero-order valence-electron chi connectivity index (χ0n) is 16.4. The van der Waals surface area contributed by atoms with Crippen molar-refractivity contribution in [2.45, 2.75) is 13.1 Å². The summed E-state index contributed by atoms with van der Waals surface area (Å²) >= 11 is 0. The Balaban J connectivity index is 0.000000423. The van der Waals surface area contributed by atoms with Crippen molar-refractivity contribution in [3.05, 3.63) is 64.6 Å². The van der Waals surface area contributed by atoms with Crippen LogP contribution in [0.4, 0.5) is 19.0 Å². The second kappa shape index (κ2) is 9.74. The van der Waals surface area contributed by atoms with Crippen molar-refractivity contribution in [2.75, 3.05) is 11.9 Å². The van der Waals surface area contributed by atoms with Gasteiger partial charge >= 0.3 is 12.1 Å². The maximum absolute atomic E-state index is 12.0. The molecule has 3 aromatic rings. The number of aliphatic carboxylic acids is 1. The number of amides is 1. The normalized spacial score (nSPS) is 10.7. The van der Waals surface area contributed by atoms with Crippen LogP contribution in [-0.4, -0.2) is 39.3 Å². The van der Waals surface area contributed by atoms with E-state index in [1.54, 1.807) is 23.9 Å². The number of carboxylic acids is 1. The second-order valence-electron chi connectivity index (χ2n) is 6.28. The molecular formula is C20H18F3N3O5. The molecule has 0 saturated carbocycles. The number of fused-ring (bicyclic) bond motifs is 1. The van der Waals surface area contributed by atoms with Crippen molar-refractivity contribution in [1.29, 1.82) is 0 Å². The molecule has 1 aromatic carbocycles. The summed E-state index contributed by atoms with van der Waals surface area (Å²) in [5, 5.41) is 10.6. The lowest BCUT2D eigenvalue weighted by Gasteiger charge is -2.11. The highest BCUT2D eigenvalue weighted by Gasteiger charge is 2.38. The van der Waals surface area contributed by atoms with Crippen LogP contribution >= 0.6 is 0 Å². The summed E-state index contributed by atoms with van der Waals surface area (Å²) < 4.78 is 38.8. The first-order chi connectivity index (χ1) is 14.5. The number of alkyl halides is 3. The highest BCUT2D eigenvalue weighted by atomic mass is 19.4. The Morgan fingerprint density at radius 1 is 1.19 bits per heavy atom. The topological polar surface area (TPSA) is 111 Å². The highest BCUT2D eigenvalue weighted by molar-refractivity contribution is 5.91. The number of aromatic nitrogens is 2. The molecule has 2 N–H and O–H groups in total. The molecule has 164 valence electrons. The molecule has 0 unspecified atom stereocenters. The van der Waals surface area contributed by atoms with Crippen LogP contribution < -0.4 is 15.6 Å². The number of aryl methyl sites for hydroxylation is 2. The SMILES string of the molecule is Cc1ccnc(NC(=O)COc2cc(=O)n(C)c3ccccc23)c1.O=C(O)C(F)(F)F. The smallest absolute Gasteiger partial charge is 0.483 e. The van der Waals surface area contributed by atoms with Gasteiger partial charge in [0, 0.05) is 24.7 Å². The van der Waals surface area contributed by atoms with E-state index in [0.717, 1.165) is 16.5 Å². The molecule has 11 heteroatoms. The van der Waals surface area contributed by atoms with Gasteiger partial charge in [0.1, 0.15) is 11.6 Å². The van der Waals surface area contributed by atoms with Crippen LogP contribution in [0.1, 0.15) is 5.56 Å². The third-order valence-corrected chi connectivity index (χ3v) is 3.90. The summed E-state index contributed by atoms with van der Waals surface area (Å²) in [7, 11) is 1.70. The van der Waals surface area contributed by atoms with Crippen LogP contribution in [0.3, 0.4) is 0 Å². The van der Waals surface area contributed by atoms with Crippen LogP contribution in [0.2, 0.25) is 0 Å². The van der Waals surface area contributed by atoms with Gasteiger partial charge in [0.15, 0.2) is 6.61 Å². The van der Waals surface area contributed by atoms with E-state index in [2.05, 4.69) is 10.3 Å². The van der Waals surface area contributed by atoms with Crippen molar-refractivity contribution in [1.82, 2.24) is 9.55 Å². The highest BCUT2D eigenvalue weighted by Crippen LogP contribution is 2.23. The zero-order valence-corrected chi connectivity index (χ0v) is 16.4. The van der Waals surface area contributed by atoms with Crippen LogP contribution in [0.25, 0.3) is 10.9 Å². The van der Waals surface area contributed by atoms with Crippen LogP contribution in [-0.2, 0) is 16.6 Å². The summed E-state index contributed by atoms with van der Waals surface area (Å²) in [6.07, 6.45) is -3.46. The summed E-state index contributed by atoms with van der Waals surface area (Å²) in [4.78, 5) is 37.0. The van der Waals surface area contributed by atoms with Crippen molar-refractivity contribution in [2.24, 2.45) is 7.05 Å². The van der Waals surface area contributed by atoms with Gasteiger partial charge < -0.3 is 19.7 Å². The fourth-order valence-electron chi connectivity index (χ4n) is 2.43. The van der Waals surface area contributed by atoms with Gasteiger partial charge in [-0.3, -0.25) is 9.59 Å². The first kappa shape index (κ1) is 23.4. The molecule has 3 rings (SSSR count). The van der Waals surface area contributed by atoms with Gasteiger partial charge in [-0.05, 0) is 36.8 Å². The molecule has 0 aliphatic carbocycles. The molecule has 0 aliphatic heterocycles. The van der Waals surface area contributed by atoms with Gasteiger partial charge in [-0.2, -0.15) is 13.2 Å². The van der Waals surface area contributed by atoms with Crippen LogP contribution in [0.5, 0.6) is 5.75 Å². The van der Waals surface area contributed by atoms with Crippen molar-refractivity contribution in [3.8, 4) is 5.75 Å². The number of rotatable bonds is 4. The summed E-state index contributed by atoms with van der Waals surface area (Å²) in [5.41, 5.74) is 1.56. The Bertz CT molecular complexity index is 1160. The lowest BCUT2D eigenvalue weighted by Crippen LogP contribution is -2.22. The lowest BCUT2D eigenvalue weighted by molar-refractivity contribution is -0.192. The van der Waals surface area contributed by atoms with Crippen molar-refractivity contribution in [3.63, 3.8) is 0 Å². The van der Waals surface area contributed by atoms with E-state index < -0.39 is 12.1 Å². The minimum atomic E-state index is -5.08. The van der Waals surface area contributed by atoms with Gasteiger partial charge in [-0.15, -0.1) is 0 Å². The molecular weight excluding hydrogens is 419 g/mol. The van der Waals surface area contributed by atoms with Gasteiger partial charge in [0.05, 0.1) is 5.52 Å². The largest absolute Gasteiger partial charge is 0.490 e. The average molecular weight is 437 g/mol. The first-order valence-electron chi connectivity index (χ1n) is 8.73. The lowest BCUT2D eigenvalue weighted by atomic mass is 10.2. The molecule has 0 aliphatic rings. The number of halogens is 3. The molecule has 0 fully saturated rings. The zero-order chi connectivity index (χ0) is 23.2. The molecule has 2 heterocycles. The van der Waals surface area contributed by atoms with Crippen molar-refractivity contribution >= 4 is 28.6 Å². The number of anilines is 1. The fourth-order valence-corrected chi connectivity index (χ4v) is 2.43. The summed E-state index contributed by atoms with van der Waals surface area (Å²) in [5.74, 6) is -2.23. The second-order valence-corrected chi connectivity index (χ2v) is 6.28. The molecule has 0 bridgehead atoms. The maximum Gasteiger partial charge on any atom is 0.490 e. The van der Waals surface area contributed by atoms with Gasteiger partial charge in [0.2, 0.25) is 0 Å². The van der Waals surface area contributed by atoms with Gasteiger partial charge in [-0.1, -0.05) is 12.1 Å². The molecule has 8 nitrogen and oxygen atoms in total. The minimum Gasteiger partial charge on any atom is -0.483 e. The monoisotopic (exact) mass is 437 g/mol. The van der Waals surface area contributed by atoms with Crippen LogP contribution in [0, 0.1) is 6.92 Å². The number of pyridine rings is 2. The van der Waals surface area contributed by atoms with Crippen LogP contribution in [0.15, 0.2) is 53.5 Å². The predicted molar refractivity (Wildman–Crippen MR) is 106 cm³/mol. The number of carboxylic acid groups (broad SMARTS) is 1. The van der Waals surface area contributed by atoms with E-state index in [4.69, 9.17) is 14.6 Å². The summed E-state index contributed by atoms with van der Waals surface area (Å²) in [6, 6.07) is 12.4. The Hall–Kier alpha value is -3.89. The molecule has 0 radical (unpaired) electrons. The molecule has 0 saturated heterocycles. The van der Waals surface area contributed by atoms with Crippen molar-refractivity contribution < 1.29 is 32.6 Å². The Labute approximate surface area is 173 Å². The van der Waals surface area contributed by atoms with E-state index in [0.29, 0.717) is 11.6 Å². The number of benzene rings is 1. The van der Waals surface area contributed by atoms with Gasteiger partial charge in [0.25, 0.3) is 11.5 Å². The molecule has 2 aromatic heterocycles. The summed E-state index contributed by atoms with van der Waals surface area (Å²) in [6.45, 7) is 1.71. The Morgan fingerprint density at radius 2 is 1.84 bits per heavy atom. The van der Waals surface area contributed by atoms with E-state index in [-0.39, 0.29) is 18.1 Å². The van der Waals surface area contributed by atoms with Gasteiger partial charge in [-0.25, -0.2) is 9.78 Å². The Morgan fingerprint density at radius 3 is 2.45 bits per heavy atom. The Kier molecular flexibility index (Phi) is 7.35. The number of hydrogen-bond acceptors (Lipinski definition) is 5. The number of nitrogens with zero attached hydrogens (tertiary/aromatic N) is 2. The fraction of sp³-hybridized carbons (Fsp3) is 0.200. The predicted octanol–water partition coefficient (Wildman–Crippen LogP) is 2.89. The molecule has 0 spiro atoms. The standard InChI is InChI=1S/C18H17N3O3.C2HF3O2/c1-12-7-8-19-16(9-12)20-17(22)11-24-15-10-18(23)21(2)14-6-4-3-5-13(14)15;3-2(4,5)1(6)7/h3-10H,11H2,1-2H3,(H,19,20,22);(H,6,7). The van der Waals surface area contributed by atoms with E-state index in [9.17, 15) is 22.8 Å². The molecule has 31 heavy (non-hydrogen) atoms. The van der Waals surface area contributed by atoms with E-state index in [1.165, 1.54) is 6.07 Å². The number of nitrogens with one attached hydrogen (secondary N) is 1. The number of para-hydroxylation sites is 1. The molecule has 1 amide bonds. The van der Waals surface area contributed by atoms with E-state index >= 15 is 0 Å². The third-order valence-electron chi connectivity index (χ3n) is 3.90. The maximum atomic E-state index is 12.0. The average Bonchev–Trinajstić information content (AvgIpc) is 2.69. The third kappa shape index (κ3) is 6.56. The number of carbonyl (C=O) groups excluding carboxylic acids is 1.